The minimum atomic E-state index is -3.52. The molecule has 0 aromatic heterocycles. The molecule has 0 radical (unpaired) electrons. The van der Waals surface area contributed by atoms with Crippen LogP contribution in [0.4, 0.5) is 5.69 Å². The lowest BCUT2D eigenvalue weighted by molar-refractivity contribution is 0.146. The second-order valence-electron chi connectivity index (χ2n) is 4.09. The van der Waals surface area contributed by atoms with E-state index in [1.807, 2.05) is 6.92 Å². The predicted molar refractivity (Wildman–Crippen MR) is 79.6 cm³/mol. The number of nitrogens with one attached hydrogen (secondary N) is 1. The third-order valence-electron chi connectivity index (χ3n) is 2.55. The zero-order valence-electron chi connectivity index (χ0n) is 11.1. The van der Waals surface area contributed by atoms with Gasteiger partial charge in [-0.15, -0.1) is 0 Å². The summed E-state index contributed by atoms with van der Waals surface area (Å²) in [5, 5.41) is 0. The van der Waals surface area contributed by atoms with Gasteiger partial charge in [0.25, 0.3) is 0 Å². The van der Waals surface area contributed by atoms with Crippen LogP contribution in [0.2, 0.25) is 0 Å². The first-order chi connectivity index (χ1) is 8.88. The van der Waals surface area contributed by atoms with Crippen molar-refractivity contribution in [3.8, 4) is 0 Å². The molecule has 7 heteroatoms. The molecule has 0 spiro atoms. The van der Waals surface area contributed by atoms with Crippen molar-refractivity contribution < 1.29 is 13.2 Å². The fourth-order valence-electron chi connectivity index (χ4n) is 1.56. The summed E-state index contributed by atoms with van der Waals surface area (Å²) in [6.07, 6.45) is 0.637. The molecular formula is C12H19BrN2O3S. The van der Waals surface area contributed by atoms with E-state index < -0.39 is 10.0 Å². The van der Waals surface area contributed by atoms with E-state index in [2.05, 4.69) is 20.7 Å². The van der Waals surface area contributed by atoms with E-state index >= 15 is 0 Å². The third-order valence-corrected chi connectivity index (χ3v) is 4.84. The Kier molecular flexibility index (Phi) is 6.25. The van der Waals surface area contributed by atoms with Gasteiger partial charge in [-0.3, -0.25) is 0 Å². The van der Waals surface area contributed by atoms with Crippen molar-refractivity contribution in [2.24, 2.45) is 0 Å². The van der Waals surface area contributed by atoms with Gasteiger partial charge in [0, 0.05) is 29.9 Å². The van der Waals surface area contributed by atoms with E-state index in [9.17, 15) is 8.42 Å². The molecule has 3 N–H and O–H groups in total. The number of halogens is 1. The summed E-state index contributed by atoms with van der Waals surface area (Å²) < 4.78 is 32.6. The smallest absolute Gasteiger partial charge is 0.240 e. The zero-order chi connectivity index (χ0) is 14.5. The van der Waals surface area contributed by atoms with Crippen LogP contribution in [0.1, 0.15) is 18.9 Å². The van der Waals surface area contributed by atoms with Crippen LogP contribution in [0.15, 0.2) is 21.5 Å². The molecule has 1 aromatic carbocycles. The molecule has 0 heterocycles. The highest BCUT2D eigenvalue weighted by atomic mass is 79.9. The Morgan fingerprint density at radius 3 is 2.74 bits per heavy atom. The summed E-state index contributed by atoms with van der Waals surface area (Å²) in [6.45, 7) is 5.16. The number of anilines is 1. The molecule has 0 amide bonds. The molecule has 0 unspecified atom stereocenters. The molecule has 1 aromatic rings. The van der Waals surface area contributed by atoms with Crippen LogP contribution in [0.25, 0.3) is 0 Å². The summed E-state index contributed by atoms with van der Waals surface area (Å²) in [5.74, 6) is 0. The molecule has 5 nitrogen and oxygen atoms in total. The lowest BCUT2D eigenvalue weighted by Crippen LogP contribution is -2.26. The van der Waals surface area contributed by atoms with Gasteiger partial charge in [0.05, 0.1) is 4.90 Å². The largest absolute Gasteiger partial charge is 0.398 e. The van der Waals surface area contributed by atoms with E-state index in [-0.39, 0.29) is 4.90 Å². The highest BCUT2D eigenvalue weighted by Crippen LogP contribution is 2.26. The predicted octanol–water partition coefficient (Wildman–Crippen LogP) is 2.04. The third kappa shape index (κ3) is 4.76. The number of nitrogen functional groups attached to an aromatic ring is 1. The molecular weight excluding hydrogens is 332 g/mol. The molecule has 108 valence electrons. The highest BCUT2D eigenvalue weighted by molar-refractivity contribution is 9.10. The number of aryl methyl sites for hydroxylation is 1. The van der Waals surface area contributed by atoms with Crippen LogP contribution in [0, 0.1) is 6.92 Å². The minimum Gasteiger partial charge on any atom is -0.398 e. The van der Waals surface area contributed by atoms with Crippen molar-refractivity contribution in [1.29, 1.82) is 0 Å². The second-order valence-corrected chi connectivity index (χ2v) is 6.68. The van der Waals surface area contributed by atoms with Gasteiger partial charge in [0.2, 0.25) is 10.0 Å². The summed E-state index contributed by atoms with van der Waals surface area (Å²) in [6, 6.07) is 3.16. The number of rotatable bonds is 7. The standard InChI is InChI=1S/C12H19BrN2O3S/c1-3-18-6-4-5-15-19(16,17)12-8-11(14)10(13)7-9(12)2/h7-8,15H,3-6,14H2,1-2H3. The molecule has 0 saturated carbocycles. The van der Waals surface area contributed by atoms with Gasteiger partial charge >= 0.3 is 0 Å². The van der Waals surface area contributed by atoms with Gasteiger partial charge in [-0.25, -0.2) is 13.1 Å². The lowest BCUT2D eigenvalue weighted by Gasteiger charge is -2.11. The van der Waals surface area contributed by atoms with Gasteiger partial charge < -0.3 is 10.5 Å². The van der Waals surface area contributed by atoms with Crippen molar-refractivity contribution in [1.82, 2.24) is 4.72 Å². The Balaban J connectivity index is 2.75. The lowest BCUT2D eigenvalue weighted by atomic mass is 10.2. The molecule has 19 heavy (non-hydrogen) atoms. The number of sulfonamides is 1. The van der Waals surface area contributed by atoms with E-state index in [0.29, 0.717) is 41.9 Å². The maximum Gasteiger partial charge on any atom is 0.240 e. The molecule has 0 aliphatic carbocycles. The summed E-state index contributed by atoms with van der Waals surface area (Å²) in [4.78, 5) is 0.213. The number of benzene rings is 1. The van der Waals surface area contributed by atoms with Crippen LogP contribution < -0.4 is 10.5 Å². The summed E-state index contributed by atoms with van der Waals surface area (Å²) in [5.41, 5.74) is 6.78. The van der Waals surface area contributed by atoms with Gasteiger partial charge in [-0.05, 0) is 53.9 Å². The van der Waals surface area contributed by atoms with E-state index in [1.54, 1.807) is 13.0 Å². The minimum absolute atomic E-state index is 0.213. The van der Waals surface area contributed by atoms with Gasteiger partial charge in [-0.1, -0.05) is 0 Å². The quantitative estimate of drug-likeness (QED) is 0.582. The topological polar surface area (TPSA) is 81.4 Å². The van der Waals surface area contributed by atoms with Crippen LogP contribution >= 0.6 is 15.9 Å². The first-order valence-electron chi connectivity index (χ1n) is 6.01. The van der Waals surface area contributed by atoms with Crippen molar-refractivity contribution in [3.05, 3.63) is 22.2 Å². The SMILES string of the molecule is CCOCCCNS(=O)(=O)c1cc(N)c(Br)cc1C. The average molecular weight is 351 g/mol. The van der Waals surface area contributed by atoms with Crippen LogP contribution in [0.5, 0.6) is 0 Å². The molecule has 0 atom stereocenters. The normalized spacial score (nSPS) is 11.7. The fraction of sp³-hybridized carbons (Fsp3) is 0.500. The van der Waals surface area contributed by atoms with E-state index in [0.717, 1.165) is 0 Å². The maximum atomic E-state index is 12.1. The van der Waals surface area contributed by atoms with E-state index in [1.165, 1.54) is 6.07 Å². The average Bonchev–Trinajstić information content (AvgIpc) is 2.33. The fourth-order valence-corrected chi connectivity index (χ4v) is 3.35. The highest BCUT2D eigenvalue weighted by Gasteiger charge is 2.17. The van der Waals surface area contributed by atoms with Crippen molar-refractivity contribution in [2.45, 2.75) is 25.2 Å². The first kappa shape index (κ1) is 16.4. The Hall–Kier alpha value is -0.630. The van der Waals surface area contributed by atoms with Crippen molar-refractivity contribution >= 4 is 31.6 Å². The summed E-state index contributed by atoms with van der Waals surface area (Å²) in [7, 11) is -3.52. The van der Waals surface area contributed by atoms with Gasteiger partial charge in [-0.2, -0.15) is 0 Å². The maximum absolute atomic E-state index is 12.1. The number of ether oxygens (including phenoxy) is 1. The second kappa shape index (κ2) is 7.23. The number of hydrogen-bond acceptors (Lipinski definition) is 4. The monoisotopic (exact) mass is 350 g/mol. The molecule has 1 rings (SSSR count). The van der Waals surface area contributed by atoms with Crippen LogP contribution in [-0.4, -0.2) is 28.2 Å². The number of nitrogens with two attached hydrogens (primary N) is 1. The molecule has 0 fully saturated rings. The Morgan fingerprint density at radius 2 is 2.11 bits per heavy atom. The van der Waals surface area contributed by atoms with Gasteiger partial charge in [0.1, 0.15) is 0 Å². The molecule has 0 bridgehead atoms. The molecule has 0 saturated heterocycles. The Bertz CT molecular complexity index is 532. The molecule has 0 aliphatic rings. The first-order valence-corrected chi connectivity index (χ1v) is 8.29. The zero-order valence-corrected chi connectivity index (χ0v) is 13.5. The van der Waals surface area contributed by atoms with Crippen molar-refractivity contribution in [2.75, 3.05) is 25.5 Å². The number of hydrogen-bond donors (Lipinski definition) is 2. The van der Waals surface area contributed by atoms with Crippen LogP contribution in [0.3, 0.4) is 0 Å². The van der Waals surface area contributed by atoms with Gasteiger partial charge in [0.15, 0.2) is 0 Å². The van der Waals surface area contributed by atoms with Crippen molar-refractivity contribution in [3.63, 3.8) is 0 Å². The Morgan fingerprint density at radius 1 is 1.42 bits per heavy atom. The Labute approximate surface area is 122 Å². The van der Waals surface area contributed by atoms with E-state index in [4.69, 9.17) is 10.5 Å². The summed E-state index contributed by atoms with van der Waals surface area (Å²) >= 11 is 3.27. The van der Waals surface area contributed by atoms with Crippen LogP contribution in [-0.2, 0) is 14.8 Å². The molecule has 0 aliphatic heterocycles.